The van der Waals surface area contributed by atoms with Crippen LogP contribution in [-0.4, -0.2) is 16.2 Å². The van der Waals surface area contributed by atoms with Crippen molar-refractivity contribution in [2.45, 2.75) is 0 Å². The van der Waals surface area contributed by atoms with Gasteiger partial charge in [0.2, 0.25) is 0 Å². The average Bonchev–Trinajstić information content (AvgIpc) is 2.58. The molecule has 0 spiro atoms. The number of nitrogens with one attached hydrogen (secondary N) is 1. The number of hydrogen-bond donors (Lipinski definition) is 1. The van der Waals surface area contributed by atoms with E-state index >= 15 is 0 Å². The van der Waals surface area contributed by atoms with Crippen molar-refractivity contribution in [2.75, 3.05) is 12.0 Å². The first-order valence-corrected chi connectivity index (χ1v) is 4.01. The van der Waals surface area contributed by atoms with Gasteiger partial charge in [-0.2, -0.15) is 0 Å². The Morgan fingerprint density at radius 2 is 2.31 bits per heavy atom. The minimum atomic E-state index is 0.500. The van der Waals surface area contributed by atoms with Crippen LogP contribution in [-0.2, 0) is 0 Å². The van der Waals surface area contributed by atoms with Crippen molar-refractivity contribution in [2.24, 2.45) is 0 Å². The van der Waals surface area contributed by atoms with E-state index in [0.717, 1.165) is 11.0 Å². The molecule has 0 fully saturated rings. The van der Waals surface area contributed by atoms with Gasteiger partial charge in [-0.05, 0) is 12.1 Å². The van der Waals surface area contributed by atoms with Crippen molar-refractivity contribution in [1.82, 2.24) is 9.66 Å². The molecule has 0 aliphatic heterocycles. The van der Waals surface area contributed by atoms with Gasteiger partial charge in [0.25, 0.3) is 0 Å². The van der Waals surface area contributed by atoms with Crippen LogP contribution in [0.15, 0.2) is 30.6 Å². The molecular formula is C10H9N3. The van der Waals surface area contributed by atoms with E-state index in [0.29, 0.717) is 6.54 Å². The maximum absolute atomic E-state index is 5.14. The quantitative estimate of drug-likeness (QED) is 0.688. The number of nitrogens with zero attached hydrogens (tertiary/aromatic N) is 2. The summed E-state index contributed by atoms with van der Waals surface area (Å²) in [7, 11) is 0. The second-order valence-electron chi connectivity index (χ2n) is 2.64. The van der Waals surface area contributed by atoms with Crippen LogP contribution < -0.4 is 5.43 Å². The number of hydrogen-bond acceptors (Lipinski definition) is 2. The minimum Gasteiger partial charge on any atom is -0.312 e. The molecule has 0 saturated heterocycles. The molecule has 1 heterocycles. The highest BCUT2D eigenvalue weighted by Gasteiger charge is 1.98. The first-order chi connectivity index (χ1) is 6.42. The molecule has 3 nitrogen and oxygen atoms in total. The largest absolute Gasteiger partial charge is 0.312 e. The molecule has 0 unspecified atom stereocenters. The van der Waals surface area contributed by atoms with Crippen LogP contribution >= 0.6 is 0 Å². The van der Waals surface area contributed by atoms with Crippen LogP contribution in [0, 0.1) is 12.3 Å². The number of para-hydroxylation sites is 2. The Kier molecular flexibility index (Phi) is 1.89. The summed E-state index contributed by atoms with van der Waals surface area (Å²) in [4.78, 5) is 4.20. The number of terminal acetylenes is 1. The smallest absolute Gasteiger partial charge is 0.115 e. The number of fused-ring (bicyclic) bond motifs is 1. The Morgan fingerprint density at radius 3 is 3.15 bits per heavy atom. The Morgan fingerprint density at radius 1 is 1.46 bits per heavy atom. The van der Waals surface area contributed by atoms with Crippen molar-refractivity contribution in [1.29, 1.82) is 0 Å². The highest BCUT2D eigenvalue weighted by atomic mass is 15.4. The van der Waals surface area contributed by atoms with E-state index < -0.39 is 0 Å². The molecule has 2 aromatic rings. The summed E-state index contributed by atoms with van der Waals surface area (Å²) in [5.41, 5.74) is 5.04. The zero-order valence-corrected chi connectivity index (χ0v) is 7.07. The van der Waals surface area contributed by atoms with Crippen LogP contribution in [0.3, 0.4) is 0 Å². The highest BCUT2D eigenvalue weighted by molar-refractivity contribution is 5.75. The van der Waals surface area contributed by atoms with Gasteiger partial charge >= 0.3 is 0 Å². The molecular weight excluding hydrogens is 162 g/mol. The summed E-state index contributed by atoms with van der Waals surface area (Å²) in [6.45, 7) is 0.500. The third kappa shape index (κ3) is 1.34. The third-order valence-electron chi connectivity index (χ3n) is 1.81. The fourth-order valence-corrected chi connectivity index (χ4v) is 1.22. The van der Waals surface area contributed by atoms with Gasteiger partial charge in [-0.25, -0.2) is 9.66 Å². The van der Waals surface area contributed by atoms with E-state index in [1.807, 2.05) is 28.9 Å². The second kappa shape index (κ2) is 3.20. The van der Waals surface area contributed by atoms with Crippen molar-refractivity contribution >= 4 is 11.0 Å². The van der Waals surface area contributed by atoms with Gasteiger partial charge in [-0.1, -0.05) is 18.1 Å². The maximum atomic E-state index is 5.14. The lowest BCUT2D eigenvalue weighted by molar-refractivity contribution is 0.924. The van der Waals surface area contributed by atoms with Crippen LogP contribution in [0.1, 0.15) is 0 Å². The van der Waals surface area contributed by atoms with E-state index in [9.17, 15) is 0 Å². The summed E-state index contributed by atoms with van der Waals surface area (Å²) in [6.07, 6.45) is 6.87. The monoisotopic (exact) mass is 171 g/mol. The van der Waals surface area contributed by atoms with Gasteiger partial charge < -0.3 is 5.43 Å². The standard InChI is InChI=1S/C10H9N3/c1-2-7-12-13-8-11-9-5-3-4-6-10(9)13/h1,3-6,8,12H,7H2. The fraction of sp³-hybridized carbons (Fsp3) is 0.100. The molecule has 0 aliphatic carbocycles. The van der Waals surface area contributed by atoms with Gasteiger partial charge in [-0.3, -0.25) is 0 Å². The van der Waals surface area contributed by atoms with Gasteiger partial charge in [-0.15, -0.1) is 6.42 Å². The third-order valence-corrected chi connectivity index (χ3v) is 1.81. The predicted octanol–water partition coefficient (Wildman–Crippen LogP) is 1.21. The zero-order valence-electron chi connectivity index (χ0n) is 7.07. The minimum absolute atomic E-state index is 0.500. The molecule has 0 amide bonds. The van der Waals surface area contributed by atoms with E-state index in [-0.39, 0.29) is 0 Å². The molecule has 1 N–H and O–H groups in total. The van der Waals surface area contributed by atoms with Crippen LogP contribution in [0.2, 0.25) is 0 Å². The number of imidazole rings is 1. The van der Waals surface area contributed by atoms with Crippen LogP contribution in [0.5, 0.6) is 0 Å². The van der Waals surface area contributed by atoms with Gasteiger partial charge in [0.1, 0.15) is 6.33 Å². The van der Waals surface area contributed by atoms with Crippen molar-refractivity contribution in [3.05, 3.63) is 30.6 Å². The van der Waals surface area contributed by atoms with Gasteiger partial charge in [0, 0.05) is 0 Å². The summed E-state index contributed by atoms with van der Waals surface area (Å²) >= 11 is 0. The van der Waals surface area contributed by atoms with Crippen molar-refractivity contribution in [3.63, 3.8) is 0 Å². The molecule has 13 heavy (non-hydrogen) atoms. The molecule has 0 saturated carbocycles. The first-order valence-electron chi connectivity index (χ1n) is 4.01. The lowest BCUT2D eigenvalue weighted by Gasteiger charge is -2.03. The average molecular weight is 171 g/mol. The predicted molar refractivity (Wildman–Crippen MR) is 52.8 cm³/mol. The van der Waals surface area contributed by atoms with Crippen LogP contribution in [0.25, 0.3) is 11.0 Å². The van der Waals surface area contributed by atoms with E-state index in [1.165, 1.54) is 0 Å². The van der Waals surface area contributed by atoms with Gasteiger partial charge in [0.15, 0.2) is 0 Å². The summed E-state index contributed by atoms with van der Waals surface area (Å²) in [6, 6.07) is 7.88. The fourth-order valence-electron chi connectivity index (χ4n) is 1.22. The number of benzene rings is 1. The SMILES string of the molecule is C#CCNn1cnc2ccccc21. The molecule has 0 aliphatic rings. The first kappa shape index (κ1) is 7.69. The summed E-state index contributed by atoms with van der Waals surface area (Å²) in [5.74, 6) is 2.51. The van der Waals surface area contributed by atoms with Crippen molar-refractivity contribution in [3.8, 4) is 12.3 Å². The maximum Gasteiger partial charge on any atom is 0.115 e. The highest BCUT2D eigenvalue weighted by Crippen LogP contribution is 2.09. The summed E-state index contributed by atoms with van der Waals surface area (Å²) < 4.78 is 1.83. The van der Waals surface area contributed by atoms with Crippen LogP contribution in [0.4, 0.5) is 0 Å². The van der Waals surface area contributed by atoms with E-state index in [2.05, 4.69) is 16.3 Å². The molecule has 2 rings (SSSR count). The molecule has 3 heteroatoms. The molecule has 64 valence electrons. The Labute approximate surface area is 76.4 Å². The lowest BCUT2D eigenvalue weighted by Crippen LogP contribution is -2.13. The molecule has 1 aromatic carbocycles. The number of aromatic nitrogens is 2. The second-order valence-corrected chi connectivity index (χ2v) is 2.64. The lowest BCUT2D eigenvalue weighted by atomic mass is 10.3. The number of rotatable bonds is 2. The molecule has 0 atom stereocenters. The molecule has 0 bridgehead atoms. The van der Waals surface area contributed by atoms with Crippen molar-refractivity contribution < 1.29 is 0 Å². The normalized spacial score (nSPS) is 9.77. The van der Waals surface area contributed by atoms with E-state index in [1.54, 1.807) is 6.33 Å². The van der Waals surface area contributed by atoms with E-state index in [4.69, 9.17) is 6.42 Å². The Balaban J connectivity index is 2.41. The molecule has 0 radical (unpaired) electrons. The Hall–Kier alpha value is -1.95. The van der Waals surface area contributed by atoms with Gasteiger partial charge in [0.05, 0.1) is 17.6 Å². The Bertz CT molecular complexity index is 450. The summed E-state index contributed by atoms with van der Waals surface area (Å²) in [5, 5.41) is 0. The molecule has 1 aromatic heterocycles. The topological polar surface area (TPSA) is 29.9 Å². The zero-order chi connectivity index (χ0) is 9.10.